The molecule has 0 aliphatic rings. The fourth-order valence-electron chi connectivity index (χ4n) is 1.10. The van der Waals surface area contributed by atoms with E-state index in [0.29, 0.717) is 12.3 Å². The third-order valence-corrected chi connectivity index (χ3v) is 2.55. The number of hydrogen-bond acceptors (Lipinski definition) is 3. The maximum atomic E-state index is 11.6. The first-order valence-electron chi connectivity index (χ1n) is 4.59. The van der Waals surface area contributed by atoms with Gasteiger partial charge in [-0.3, -0.25) is 9.69 Å². The number of anilines is 1. The molecule has 0 aromatic carbocycles. The van der Waals surface area contributed by atoms with Crippen LogP contribution in [0.25, 0.3) is 0 Å². The monoisotopic (exact) mass is 225 g/mol. The van der Waals surface area contributed by atoms with Gasteiger partial charge in [-0.1, -0.05) is 23.9 Å². The van der Waals surface area contributed by atoms with E-state index in [9.17, 15) is 4.79 Å². The van der Waals surface area contributed by atoms with Crippen molar-refractivity contribution in [3.05, 3.63) is 24.3 Å². The molecular weight excluding hydrogens is 210 g/mol. The average molecular weight is 225 g/mol. The van der Waals surface area contributed by atoms with Crippen molar-refractivity contribution in [1.29, 1.82) is 0 Å². The summed E-state index contributed by atoms with van der Waals surface area (Å²) in [4.78, 5) is 13.2. The van der Waals surface area contributed by atoms with E-state index in [1.54, 1.807) is 13.1 Å². The van der Waals surface area contributed by atoms with E-state index in [-0.39, 0.29) is 5.91 Å². The average Bonchev–Trinajstić information content (AvgIpc) is 2.63. The highest BCUT2D eigenvalue weighted by Crippen LogP contribution is 2.24. The Morgan fingerprint density at radius 1 is 1.60 bits per heavy atom. The van der Waals surface area contributed by atoms with Gasteiger partial charge in [-0.05, 0) is 19.2 Å². The second-order valence-electron chi connectivity index (χ2n) is 3.38. The molecule has 0 spiro atoms. The van der Waals surface area contributed by atoms with E-state index >= 15 is 0 Å². The van der Waals surface area contributed by atoms with Gasteiger partial charge < -0.3 is 4.42 Å². The Bertz CT molecular complexity index is 370. The van der Waals surface area contributed by atoms with Crippen LogP contribution in [0.1, 0.15) is 13.3 Å². The van der Waals surface area contributed by atoms with Gasteiger partial charge >= 0.3 is 0 Å². The lowest BCUT2D eigenvalue weighted by Gasteiger charge is -2.13. The van der Waals surface area contributed by atoms with Gasteiger partial charge in [0.25, 0.3) is 0 Å². The van der Waals surface area contributed by atoms with E-state index in [2.05, 4.69) is 6.58 Å². The zero-order chi connectivity index (χ0) is 11.4. The lowest BCUT2D eigenvalue weighted by molar-refractivity contribution is -0.117. The summed E-state index contributed by atoms with van der Waals surface area (Å²) in [6.45, 7) is 5.54. The van der Waals surface area contributed by atoms with Gasteiger partial charge in [0.05, 0.1) is 0 Å². The Labute approximate surface area is 94.1 Å². The summed E-state index contributed by atoms with van der Waals surface area (Å²) in [7, 11) is 1.70. The highest BCUT2D eigenvalue weighted by molar-refractivity contribution is 7.98. The molecule has 1 rings (SSSR count). The summed E-state index contributed by atoms with van der Waals surface area (Å²) in [5, 5.41) is 0.806. The molecule has 1 amide bonds. The number of carbonyl (C=O) groups excluding carboxylic acids is 1. The molecule has 0 unspecified atom stereocenters. The van der Waals surface area contributed by atoms with Crippen molar-refractivity contribution < 1.29 is 9.21 Å². The molecule has 1 aromatic heterocycles. The minimum absolute atomic E-state index is 0.00972. The fraction of sp³-hybridized carbons (Fsp3) is 0.364. The van der Waals surface area contributed by atoms with Crippen LogP contribution in [0, 0.1) is 0 Å². The zero-order valence-electron chi connectivity index (χ0n) is 9.24. The Morgan fingerprint density at radius 2 is 2.27 bits per heavy atom. The van der Waals surface area contributed by atoms with E-state index < -0.39 is 0 Å². The van der Waals surface area contributed by atoms with Crippen molar-refractivity contribution in [2.24, 2.45) is 0 Å². The molecule has 0 saturated heterocycles. The van der Waals surface area contributed by atoms with Gasteiger partial charge in [0.2, 0.25) is 11.8 Å². The summed E-state index contributed by atoms with van der Waals surface area (Å²) < 4.78 is 5.44. The molecule has 3 nitrogen and oxygen atoms in total. The van der Waals surface area contributed by atoms with Gasteiger partial charge in [-0.15, -0.1) is 0 Å². The smallest absolute Gasteiger partial charge is 0.233 e. The van der Waals surface area contributed by atoms with E-state index in [1.165, 1.54) is 16.7 Å². The summed E-state index contributed by atoms with van der Waals surface area (Å²) in [5.74, 6) is 0.565. The van der Waals surface area contributed by atoms with Gasteiger partial charge in [0.15, 0.2) is 5.09 Å². The Morgan fingerprint density at radius 3 is 2.73 bits per heavy atom. The minimum Gasteiger partial charge on any atom is -0.434 e. The number of amides is 1. The van der Waals surface area contributed by atoms with Crippen molar-refractivity contribution in [3.8, 4) is 0 Å². The predicted octanol–water partition coefficient (Wildman–Crippen LogP) is 2.93. The largest absolute Gasteiger partial charge is 0.434 e. The Kier molecular flexibility index (Phi) is 4.03. The first-order valence-corrected chi connectivity index (χ1v) is 5.82. The molecule has 0 aliphatic carbocycles. The third-order valence-electron chi connectivity index (χ3n) is 1.93. The lowest BCUT2D eigenvalue weighted by Crippen LogP contribution is -2.25. The van der Waals surface area contributed by atoms with Crippen molar-refractivity contribution in [2.45, 2.75) is 18.4 Å². The summed E-state index contributed by atoms with van der Waals surface area (Å²) >= 11 is 1.51. The molecule has 0 saturated carbocycles. The number of carbonyl (C=O) groups is 1. The normalized spacial score (nSPS) is 10.1. The number of thioether (sulfide) groups is 1. The maximum absolute atomic E-state index is 11.6. The minimum atomic E-state index is -0.00972. The zero-order valence-corrected chi connectivity index (χ0v) is 10.1. The second-order valence-corrected chi connectivity index (χ2v) is 4.19. The molecule has 1 heterocycles. The van der Waals surface area contributed by atoms with Crippen LogP contribution in [0.4, 0.5) is 5.88 Å². The number of nitrogens with zero attached hydrogens (tertiary/aromatic N) is 1. The quantitative estimate of drug-likeness (QED) is 0.583. The summed E-state index contributed by atoms with van der Waals surface area (Å²) in [5.41, 5.74) is 0.850. The van der Waals surface area contributed by atoms with Gasteiger partial charge in [-0.2, -0.15) is 0 Å². The van der Waals surface area contributed by atoms with Crippen LogP contribution in [0.3, 0.4) is 0 Å². The van der Waals surface area contributed by atoms with E-state index in [4.69, 9.17) is 4.42 Å². The Balaban J connectivity index is 2.71. The number of rotatable bonds is 4. The topological polar surface area (TPSA) is 33.5 Å². The first kappa shape index (κ1) is 11.9. The van der Waals surface area contributed by atoms with Crippen LogP contribution in [0.15, 0.2) is 33.8 Å². The maximum Gasteiger partial charge on any atom is 0.233 e. The molecule has 0 radical (unpaired) electrons. The highest BCUT2D eigenvalue weighted by atomic mass is 32.2. The van der Waals surface area contributed by atoms with Gasteiger partial charge in [0, 0.05) is 19.5 Å². The van der Waals surface area contributed by atoms with Crippen molar-refractivity contribution >= 4 is 23.6 Å². The molecule has 0 bridgehead atoms. The SMILES string of the molecule is C=C(C)CC(=O)N(C)c1ccc(SC)o1. The molecule has 0 fully saturated rings. The highest BCUT2D eigenvalue weighted by Gasteiger charge is 2.14. The summed E-state index contributed by atoms with van der Waals surface area (Å²) in [6.07, 6.45) is 2.28. The Hall–Kier alpha value is -1.16. The number of furan rings is 1. The second kappa shape index (κ2) is 5.07. The lowest BCUT2D eigenvalue weighted by atomic mass is 10.2. The molecule has 0 atom stereocenters. The molecular formula is C11H15NO2S. The van der Waals surface area contributed by atoms with E-state index in [1.807, 2.05) is 19.2 Å². The number of hydrogen-bond donors (Lipinski definition) is 0. The van der Waals surface area contributed by atoms with Gasteiger partial charge in [-0.25, -0.2) is 0 Å². The van der Waals surface area contributed by atoms with Crippen LogP contribution < -0.4 is 4.90 Å². The van der Waals surface area contributed by atoms with Crippen molar-refractivity contribution in [2.75, 3.05) is 18.2 Å². The van der Waals surface area contributed by atoms with Crippen LogP contribution in [-0.2, 0) is 4.79 Å². The van der Waals surface area contributed by atoms with Crippen LogP contribution >= 0.6 is 11.8 Å². The van der Waals surface area contributed by atoms with Crippen LogP contribution in [0.2, 0.25) is 0 Å². The fourth-order valence-corrected chi connectivity index (χ4v) is 1.47. The molecule has 4 heteroatoms. The van der Waals surface area contributed by atoms with Crippen LogP contribution in [0.5, 0.6) is 0 Å². The standard InChI is InChI=1S/C11H15NO2S/c1-8(2)7-9(13)12(3)10-5-6-11(14-10)15-4/h5-6H,1,7H2,2-4H3. The summed E-state index contributed by atoms with van der Waals surface area (Å²) in [6, 6.07) is 3.65. The van der Waals surface area contributed by atoms with Crippen molar-refractivity contribution in [3.63, 3.8) is 0 Å². The molecule has 0 N–H and O–H groups in total. The van der Waals surface area contributed by atoms with Crippen LogP contribution in [-0.4, -0.2) is 19.2 Å². The van der Waals surface area contributed by atoms with E-state index in [0.717, 1.165) is 10.7 Å². The van der Waals surface area contributed by atoms with Crippen molar-refractivity contribution in [1.82, 2.24) is 0 Å². The molecule has 82 valence electrons. The molecule has 15 heavy (non-hydrogen) atoms. The predicted molar refractivity (Wildman–Crippen MR) is 63.3 cm³/mol. The first-order chi connectivity index (χ1) is 7.04. The molecule has 0 aliphatic heterocycles. The molecule has 1 aromatic rings. The third kappa shape index (κ3) is 3.16. The van der Waals surface area contributed by atoms with Gasteiger partial charge in [0.1, 0.15) is 0 Å².